The van der Waals surface area contributed by atoms with Crippen molar-refractivity contribution in [3.05, 3.63) is 59.4 Å². The molecule has 0 radical (unpaired) electrons. The van der Waals surface area contributed by atoms with Crippen molar-refractivity contribution in [1.29, 1.82) is 0 Å². The number of ether oxygens (including phenoxy) is 1. The Morgan fingerprint density at radius 2 is 1.54 bits per heavy atom. The standard InChI is InChI=1S/C27H27F3N2O4S/c28-19-5-6-20(25(30)24(19)29)31-22(33)13-36-26(35)18-3-1-2-4-21(18)37-14-23(34)32-27-10-15-7-16(11-27)9-17(8-15)12-27/h1-6,15-17H,7-14H2,(H,31,33)(H,32,34). The van der Waals surface area contributed by atoms with Crippen LogP contribution in [0.25, 0.3) is 0 Å². The van der Waals surface area contributed by atoms with Gasteiger partial charge in [0.05, 0.1) is 17.0 Å². The summed E-state index contributed by atoms with van der Waals surface area (Å²) in [6.07, 6.45) is 7.01. The normalized spacial score (nSPS) is 25.5. The SMILES string of the molecule is O=C(COC(=O)c1ccccc1SCC(=O)NC12CC3CC(CC(C3)C1)C2)Nc1ccc(F)c(F)c1F. The van der Waals surface area contributed by atoms with Crippen molar-refractivity contribution in [2.45, 2.75) is 49.0 Å². The Hall–Kier alpha value is -3.01. The fraction of sp³-hybridized carbons (Fsp3) is 0.444. The number of carbonyl (C=O) groups excluding carboxylic acids is 3. The summed E-state index contributed by atoms with van der Waals surface area (Å²) >= 11 is 1.21. The molecular formula is C27H27F3N2O4S. The maximum absolute atomic E-state index is 13.8. The summed E-state index contributed by atoms with van der Waals surface area (Å²) in [7, 11) is 0. The van der Waals surface area contributed by atoms with Crippen LogP contribution < -0.4 is 10.6 Å². The van der Waals surface area contributed by atoms with Gasteiger partial charge in [0, 0.05) is 10.4 Å². The lowest BCUT2D eigenvalue weighted by atomic mass is 9.53. The minimum absolute atomic E-state index is 0.0666. The minimum atomic E-state index is -1.71. The molecule has 0 unspecified atom stereocenters. The molecule has 10 heteroatoms. The number of nitrogens with one attached hydrogen (secondary N) is 2. The summed E-state index contributed by atoms with van der Waals surface area (Å²) in [5.41, 5.74) is -0.478. The first-order valence-electron chi connectivity index (χ1n) is 12.3. The molecule has 0 spiro atoms. The third-order valence-electron chi connectivity index (χ3n) is 7.55. The van der Waals surface area contributed by atoms with E-state index in [1.807, 2.05) is 5.32 Å². The molecule has 2 aromatic carbocycles. The van der Waals surface area contributed by atoms with Crippen LogP contribution in [0, 0.1) is 35.2 Å². The highest BCUT2D eigenvalue weighted by molar-refractivity contribution is 8.00. The van der Waals surface area contributed by atoms with Crippen molar-refractivity contribution in [1.82, 2.24) is 5.32 Å². The second-order valence-corrected chi connectivity index (χ2v) is 11.4. The molecule has 4 bridgehead atoms. The molecule has 4 saturated carbocycles. The summed E-state index contributed by atoms with van der Waals surface area (Å²) < 4.78 is 45.2. The Morgan fingerprint density at radius 1 is 0.892 bits per heavy atom. The topological polar surface area (TPSA) is 84.5 Å². The molecule has 0 aromatic heterocycles. The number of rotatable bonds is 8. The zero-order valence-electron chi connectivity index (χ0n) is 20.0. The number of benzene rings is 2. The smallest absolute Gasteiger partial charge is 0.339 e. The van der Waals surface area contributed by atoms with Crippen LogP contribution in [0.1, 0.15) is 48.9 Å². The second kappa shape index (κ2) is 10.4. The highest BCUT2D eigenvalue weighted by Gasteiger charge is 2.51. The van der Waals surface area contributed by atoms with Crippen LogP contribution in [0.5, 0.6) is 0 Å². The first-order chi connectivity index (χ1) is 17.7. The van der Waals surface area contributed by atoms with Gasteiger partial charge in [-0.2, -0.15) is 0 Å². The third kappa shape index (κ3) is 5.63. The molecule has 4 fully saturated rings. The molecule has 0 atom stereocenters. The Balaban J connectivity index is 1.14. The quantitative estimate of drug-likeness (QED) is 0.282. The first kappa shape index (κ1) is 25.6. The molecule has 4 aliphatic rings. The largest absolute Gasteiger partial charge is 0.452 e. The maximum Gasteiger partial charge on any atom is 0.339 e. The van der Waals surface area contributed by atoms with E-state index >= 15 is 0 Å². The van der Waals surface area contributed by atoms with Gasteiger partial charge < -0.3 is 15.4 Å². The highest BCUT2D eigenvalue weighted by atomic mass is 32.2. The second-order valence-electron chi connectivity index (χ2n) is 10.4. The molecule has 196 valence electrons. The molecule has 6 rings (SSSR count). The molecule has 0 saturated heterocycles. The van der Waals surface area contributed by atoms with Crippen LogP contribution in [0.2, 0.25) is 0 Å². The van der Waals surface area contributed by atoms with Gasteiger partial charge in [0.25, 0.3) is 5.91 Å². The van der Waals surface area contributed by atoms with Crippen LogP contribution in [-0.4, -0.2) is 35.7 Å². The molecular weight excluding hydrogens is 505 g/mol. The predicted octanol–water partition coefficient (Wildman–Crippen LogP) is 5.08. The van der Waals surface area contributed by atoms with E-state index in [0.717, 1.165) is 25.3 Å². The minimum Gasteiger partial charge on any atom is -0.452 e. The average Bonchev–Trinajstić information content (AvgIpc) is 2.85. The third-order valence-corrected chi connectivity index (χ3v) is 8.63. The Bertz CT molecular complexity index is 1200. The summed E-state index contributed by atoms with van der Waals surface area (Å²) in [6, 6.07) is 8.12. The summed E-state index contributed by atoms with van der Waals surface area (Å²) in [4.78, 5) is 38.1. The Kier molecular flexibility index (Phi) is 7.20. The van der Waals surface area contributed by atoms with Crippen molar-refractivity contribution in [3.8, 4) is 0 Å². The number of hydrogen-bond donors (Lipinski definition) is 2. The fourth-order valence-corrected chi connectivity index (χ4v) is 7.36. The number of halogens is 3. The first-order valence-corrected chi connectivity index (χ1v) is 13.3. The van der Waals surface area contributed by atoms with Gasteiger partial charge in [-0.25, -0.2) is 18.0 Å². The molecule has 37 heavy (non-hydrogen) atoms. The van der Waals surface area contributed by atoms with Crippen molar-refractivity contribution < 1.29 is 32.3 Å². The lowest BCUT2D eigenvalue weighted by molar-refractivity contribution is -0.124. The summed E-state index contributed by atoms with van der Waals surface area (Å²) in [6.45, 7) is -0.761. The molecule has 2 aromatic rings. The monoisotopic (exact) mass is 532 g/mol. The van der Waals surface area contributed by atoms with Crippen LogP contribution >= 0.6 is 11.8 Å². The number of hydrogen-bond acceptors (Lipinski definition) is 5. The number of thioether (sulfide) groups is 1. The van der Waals surface area contributed by atoms with Gasteiger partial charge in [0.1, 0.15) is 0 Å². The van der Waals surface area contributed by atoms with E-state index in [2.05, 4.69) is 5.32 Å². The molecule has 0 heterocycles. The van der Waals surface area contributed by atoms with Gasteiger partial charge in [-0.3, -0.25) is 9.59 Å². The molecule has 2 N–H and O–H groups in total. The number of carbonyl (C=O) groups is 3. The highest BCUT2D eigenvalue weighted by Crippen LogP contribution is 2.55. The van der Waals surface area contributed by atoms with Crippen LogP contribution in [-0.2, 0) is 14.3 Å². The van der Waals surface area contributed by atoms with E-state index < -0.39 is 41.6 Å². The number of amides is 2. The van der Waals surface area contributed by atoms with Gasteiger partial charge >= 0.3 is 5.97 Å². The summed E-state index contributed by atoms with van der Waals surface area (Å²) in [5, 5.41) is 5.35. The van der Waals surface area contributed by atoms with Crippen molar-refractivity contribution in [2.24, 2.45) is 17.8 Å². The maximum atomic E-state index is 13.8. The van der Waals surface area contributed by atoms with Gasteiger partial charge in [-0.15, -0.1) is 11.8 Å². The average molecular weight is 533 g/mol. The zero-order valence-corrected chi connectivity index (χ0v) is 20.8. The van der Waals surface area contributed by atoms with E-state index in [4.69, 9.17) is 4.74 Å². The number of anilines is 1. The summed E-state index contributed by atoms with van der Waals surface area (Å²) in [5.74, 6) is -4.15. The van der Waals surface area contributed by atoms with E-state index in [1.54, 1.807) is 18.2 Å². The lowest BCUT2D eigenvalue weighted by Crippen LogP contribution is -2.60. The van der Waals surface area contributed by atoms with E-state index in [1.165, 1.54) is 37.1 Å². The Labute approximate surface area is 216 Å². The van der Waals surface area contributed by atoms with Crippen molar-refractivity contribution in [3.63, 3.8) is 0 Å². The Morgan fingerprint density at radius 3 is 2.22 bits per heavy atom. The van der Waals surface area contributed by atoms with E-state index in [0.29, 0.717) is 28.7 Å². The van der Waals surface area contributed by atoms with Gasteiger partial charge in [-0.1, -0.05) is 12.1 Å². The van der Waals surface area contributed by atoms with Crippen LogP contribution in [0.3, 0.4) is 0 Å². The molecule has 6 nitrogen and oxygen atoms in total. The molecule has 0 aliphatic heterocycles. The van der Waals surface area contributed by atoms with Crippen molar-refractivity contribution >= 4 is 35.2 Å². The van der Waals surface area contributed by atoms with E-state index in [9.17, 15) is 27.6 Å². The fourth-order valence-electron chi connectivity index (χ4n) is 6.52. The molecule has 2 amide bonds. The number of esters is 1. The van der Waals surface area contributed by atoms with E-state index in [-0.39, 0.29) is 22.8 Å². The van der Waals surface area contributed by atoms with Crippen LogP contribution in [0.15, 0.2) is 41.3 Å². The zero-order chi connectivity index (χ0) is 26.2. The lowest BCUT2D eigenvalue weighted by Gasteiger charge is -2.56. The van der Waals surface area contributed by atoms with Gasteiger partial charge in [0.2, 0.25) is 5.91 Å². The van der Waals surface area contributed by atoms with Crippen molar-refractivity contribution in [2.75, 3.05) is 17.7 Å². The van der Waals surface area contributed by atoms with Crippen LogP contribution in [0.4, 0.5) is 18.9 Å². The van der Waals surface area contributed by atoms with Gasteiger partial charge in [-0.05, 0) is 80.5 Å². The van der Waals surface area contributed by atoms with Gasteiger partial charge in [0.15, 0.2) is 24.1 Å². The predicted molar refractivity (Wildman–Crippen MR) is 131 cm³/mol. The molecule has 4 aliphatic carbocycles.